The van der Waals surface area contributed by atoms with Crippen LogP contribution < -0.4 is 4.74 Å². The minimum Gasteiger partial charge on any atom is -0.490 e. The summed E-state index contributed by atoms with van der Waals surface area (Å²) in [6.07, 6.45) is 2.18. The zero-order valence-corrected chi connectivity index (χ0v) is 12.0. The second kappa shape index (κ2) is 5.35. The van der Waals surface area contributed by atoms with Gasteiger partial charge in [-0.15, -0.1) is 11.8 Å². The van der Waals surface area contributed by atoms with Gasteiger partial charge in [0.05, 0.1) is 16.4 Å². The number of carbonyl (C=O) groups is 1. The lowest BCUT2D eigenvalue weighted by Crippen LogP contribution is -2.29. The lowest BCUT2D eigenvalue weighted by molar-refractivity contribution is 0.0943. The van der Waals surface area contributed by atoms with E-state index in [2.05, 4.69) is 6.92 Å². The van der Waals surface area contributed by atoms with Crippen molar-refractivity contribution in [1.29, 1.82) is 0 Å². The van der Waals surface area contributed by atoms with Crippen molar-refractivity contribution in [1.82, 2.24) is 0 Å². The Labute approximate surface area is 113 Å². The van der Waals surface area contributed by atoms with Gasteiger partial charge in [0.2, 0.25) is 0 Å². The highest BCUT2D eigenvalue weighted by Gasteiger charge is 2.38. The number of hydrogen-bond donors (Lipinski definition) is 0. The molecular formula is C15H20O2S. The van der Waals surface area contributed by atoms with Gasteiger partial charge in [-0.1, -0.05) is 12.1 Å². The number of carbonyl (C=O) groups excluding carboxylic acids is 1. The molecule has 0 amide bonds. The summed E-state index contributed by atoms with van der Waals surface area (Å²) in [5.41, 5.74) is 0.725. The second-order valence-electron chi connectivity index (χ2n) is 5.17. The van der Waals surface area contributed by atoms with Crippen molar-refractivity contribution in [2.45, 2.75) is 44.5 Å². The van der Waals surface area contributed by atoms with Crippen LogP contribution in [-0.2, 0) is 0 Å². The number of benzene rings is 1. The van der Waals surface area contributed by atoms with Gasteiger partial charge in [-0.25, -0.2) is 0 Å². The molecule has 1 unspecified atom stereocenters. The average molecular weight is 264 g/mol. The predicted octanol–water partition coefficient (Wildman–Crippen LogP) is 3.94. The summed E-state index contributed by atoms with van der Waals surface area (Å²) in [5, 5.41) is 0. The Morgan fingerprint density at radius 3 is 2.72 bits per heavy atom. The minimum absolute atomic E-state index is 0.0861. The summed E-state index contributed by atoms with van der Waals surface area (Å²) < 4.78 is 5.47. The van der Waals surface area contributed by atoms with Gasteiger partial charge in [-0.05, 0) is 51.5 Å². The Morgan fingerprint density at radius 1 is 1.39 bits per heavy atom. The number of Topliss-reactive ketones (excluding diaryl/α,β-unsaturated/α-hetero) is 1. The Kier molecular flexibility index (Phi) is 4.00. The molecule has 1 aromatic carbocycles. The number of thioether (sulfide) groups is 1. The van der Waals surface area contributed by atoms with Gasteiger partial charge in [0.25, 0.3) is 0 Å². The zero-order valence-electron chi connectivity index (χ0n) is 11.2. The van der Waals surface area contributed by atoms with Crippen LogP contribution in [-0.4, -0.2) is 22.4 Å². The molecule has 98 valence electrons. The normalized spacial score (nSPS) is 23.3. The number of rotatable bonds is 4. The summed E-state index contributed by atoms with van der Waals surface area (Å²) in [5.74, 6) is 2.00. The number of para-hydroxylation sites is 1. The lowest BCUT2D eigenvalue weighted by Gasteiger charge is -2.23. The van der Waals surface area contributed by atoms with E-state index in [1.54, 1.807) is 11.8 Å². The summed E-state index contributed by atoms with van der Waals surface area (Å²) in [6, 6.07) is 7.59. The first kappa shape index (κ1) is 13.5. The van der Waals surface area contributed by atoms with Crippen LogP contribution in [0.25, 0.3) is 0 Å². The van der Waals surface area contributed by atoms with Crippen LogP contribution in [0.5, 0.6) is 5.75 Å². The smallest absolute Gasteiger partial charge is 0.182 e. The van der Waals surface area contributed by atoms with E-state index in [4.69, 9.17) is 4.74 Å². The van der Waals surface area contributed by atoms with Crippen LogP contribution in [0.3, 0.4) is 0 Å². The van der Waals surface area contributed by atoms with E-state index < -0.39 is 0 Å². The fourth-order valence-corrected chi connectivity index (χ4v) is 3.52. The topological polar surface area (TPSA) is 26.3 Å². The van der Waals surface area contributed by atoms with Gasteiger partial charge in [-0.3, -0.25) is 4.79 Å². The van der Waals surface area contributed by atoms with E-state index in [1.807, 2.05) is 38.1 Å². The highest BCUT2D eigenvalue weighted by Crippen LogP contribution is 2.41. The predicted molar refractivity (Wildman–Crippen MR) is 76.6 cm³/mol. The van der Waals surface area contributed by atoms with Crippen molar-refractivity contribution in [3.05, 3.63) is 29.8 Å². The molecule has 18 heavy (non-hydrogen) atoms. The summed E-state index contributed by atoms with van der Waals surface area (Å²) in [6.45, 7) is 6.01. The molecule has 1 atom stereocenters. The van der Waals surface area contributed by atoms with Crippen molar-refractivity contribution in [2.24, 2.45) is 0 Å². The molecule has 1 fully saturated rings. The summed E-state index contributed by atoms with van der Waals surface area (Å²) >= 11 is 1.77. The molecule has 1 heterocycles. The molecular weight excluding hydrogens is 244 g/mol. The molecule has 0 radical (unpaired) electrons. The maximum absolute atomic E-state index is 12.7. The highest BCUT2D eigenvalue weighted by molar-refractivity contribution is 8.01. The van der Waals surface area contributed by atoms with Crippen molar-refractivity contribution in [3.8, 4) is 5.75 Å². The Bertz CT molecular complexity index is 434. The first-order chi connectivity index (χ1) is 8.53. The van der Waals surface area contributed by atoms with Crippen molar-refractivity contribution >= 4 is 17.5 Å². The van der Waals surface area contributed by atoms with E-state index in [9.17, 15) is 4.79 Å². The minimum atomic E-state index is -0.267. The van der Waals surface area contributed by atoms with Gasteiger partial charge < -0.3 is 4.74 Å². The summed E-state index contributed by atoms with van der Waals surface area (Å²) in [4.78, 5) is 12.7. The van der Waals surface area contributed by atoms with Crippen LogP contribution in [0.1, 0.15) is 44.0 Å². The Morgan fingerprint density at radius 2 is 2.11 bits per heavy atom. The third-order valence-electron chi connectivity index (χ3n) is 3.19. The molecule has 0 N–H and O–H groups in total. The first-order valence-electron chi connectivity index (χ1n) is 6.47. The Balaban J connectivity index is 2.29. The maximum Gasteiger partial charge on any atom is 0.182 e. The molecule has 1 aromatic rings. The van der Waals surface area contributed by atoms with Crippen molar-refractivity contribution < 1.29 is 9.53 Å². The van der Waals surface area contributed by atoms with Gasteiger partial charge in [0, 0.05) is 0 Å². The first-order valence-corrected chi connectivity index (χ1v) is 7.46. The fraction of sp³-hybridized carbons (Fsp3) is 0.533. The number of ether oxygens (including phenoxy) is 1. The second-order valence-corrected chi connectivity index (χ2v) is 6.77. The molecule has 2 rings (SSSR count). The maximum atomic E-state index is 12.7. The SMILES string of the molecule is CC(C)Oc1ccccc1C(=O)C1(C)CCCS1. The summed E-state index contributed by atoms with van der Waals surface area (Å²) in [7, 11) is 0. The largest absolute Gasteiger partial charge is 0.490 e. The molecule has 1 saturated heterocycles. The lowest BCUT2D eigenvalue weighted by atomic mass is 9.94. The van der Waals surface area contributed by atoms with Gasteiger partial charge in [-0.2, -0.15) is 0 Å². The molecule has 3 heteroatoms. The standard InChI is InChI=1S/C15H20O2S/c1-11(2)17-13-8-5-4-7-12(13)14(16)15(3)9-6-10-18-15/h4-5,7-8,11H,6,9-10H2,1-3H3. The zero-order chi connectivity index (χ0) is 13.2. The molecule has 0 aliphatic carbocycles. The molecule has 0 bridgehead atoms. The number of hydrogen-bond acceptors (Lipinski definition) is 3. The average Bonchev–Trinajstić information content (AvgIpc) is 2.76. The fourth-order valence-electron chi connectivity index (χ4n) is 2.25. The Hall–Kier alpha value is -0.960. The van der Waals surface area contributed by atoms with Gasteiger partial charge >= 0.3 is 0 Å². The molecule has 1 aliphatic heterocycles. The van der Waals surface area contributed by atoms with E-state index in [-0.39, 0.29) is 16.6 Å². The van der Waals surface area contributed by atoms with E-state index >= 15 is 0 Å². The van der Waals surface area contributed by atoms with E-state index in [1.165, 1.54) is 0 Å². The van der Waals surface area contributed by atoms with Crippen LogP contribution in [0.15, 0.2) is 24.3 Å². The molecule has 1 aliphatic rings. The number of ketones is 1. The van der Waals surface area contributed by atoms with Gasteiger partial charge in [0.1, 0.15) is 5.75 Å². The van der Waals surface area contributed by atoms with E-state index in [0.717, 1.165) is 24.2 Å². The molecule has 2 nitrogen and oxygen atoms in total. The third-order valence-corrected chi connectivity index (χ3v) is 4.71. The highest BCUT2D eigenvalue weighted by atomic mass is 32.2. The van der Waals surface area contributed by atoms with Crippen LogP contribution >= 0.6 is 11.8 Å². The third kappa shape index (κ3) is 2.72. The quantitative estimate of drug-likeness (QED) is 0.770. The molecule has 0 spiro atoms. The van der Waals surface area contributed by atoms with Crippen molar-refractivity contribution in [3.63, 3.8) is 0 Å². The van der Waals surface area contributed by atoms with Crippen LogP contribution in [0, 0.1) is 0 Å². The van der Waals surface area contributed by atoms with Crippen molar-refractivity contribution in [2.75, 3.05) is 5.75 Å². The molecule has 0 saturated carbocycles. The monoisotopic (exact) mass is 264 g/mol. The van der Waals surface area contributed by atoms with Crippen LogP contribution in [0.4, 0.5) is 0 Å². The molecule has 0 aromatic heterocycles. The van der Waals surface area contributed by atoms with E-state index in [0.29, 0.717) is 5.75 Å². The van der Waals surface area contributed by atoms with Gasteiger partial charge in [0.15, 0.2) is 5.78 Å². The van der Waals surface area contributed by atoms with Crippen LogP contribution in [0.2, 0.25) is 0 Å².